The van der Waals surface area contributed by atoms with Gasteiger partial charge in [0.15, 0.2) is 11.5 Å². The van der Waals surface area contributed by atoms with E-state index in [4.69, 9.17) is 20.2 Å². The number of hydrogen-bond donors (Lipinski definition) is 1. The Labute approximate surface area is 117 Å². The lowest BCUT2D eigenvalue weighted by molar-refractivity contribution is 0.174. The molecule has 20 heavy (non-hydrogen) atoms. The van der Waals surface area contributed by atoms with E-state index >= 15 is 0 Å². The molecule has 1 aliphatic heterocycles. The molecule has 0 spiro atoms. The van der Waals surface area contributed by atoms with Crippen LogP contribution in [-0.4, -0.2) is 22.4 Å². The summed E-state index contributed by atoms with van der Waals surface area (Å²) in [6.45, 7) is 3.24. The van der Waals surface area contributed by atoms with Crippen molar-refractivity contribution in [1.29, 1.82) is 0 Å². The van der Waals surface area contributed by atoms with E-state index in [-0.39, 0.29) is 6.04 Å². The van der Waals surface area contributed by atoms with Crippen molar-refractivity contribution in [3.63, 3.8) is 0 Å². The first-order chi connectivity index (χ1) is 9.76. The minimum absolute atomic E-state index is 0.162. The molecule has 2 aromatic rings. The number of rotatable bonds is 4. The second-order valence-corrected chi connectivity index (χ2v) is 5.72. The van der Waals surface area contributed by atoms with E-state index in [2.05, 4.69) is 11.5 Å². The minimum Gasteiger partial charge on any atom is -0.454 e. The van der Waals surface area contributed by atoms with Crippen LogP contribution in [0.2, 0.25) is 0 Å². The van der Waals surface area contributed by atoms with Crippen molar-refractivity contribution >= 4 is 11.0 Å². The monoisotopic (exact) mass is 273 g/mol. The number of hydrogen-bond acceptors (Lipinski definition) is 4. The van der Waals surface area contributed by atoms with Crippen LogP contribution in [0, 0.1) is 0 Å². The zero-order valence-electron chi connectivity index (χ0n) is 11.6. The highest BCUT2D eigenvalue weighted by molar-refractivity contribution is 5.81. The second kappa shape index (κ2) is 4.38. The van der Waals surface area contributed by atoms with E-state index in [0.29, 0.717) is 12.7 Å². The molecule has 1 fully saturated rings. The molecule has 0 saturated heterocycles. The summed E-state index contributed by atoms with van der Waals surface area (Å²) < 4.78 is 13.2. The molecule has 106 valence electrons. The van der Waals surface area contributed by atoms with Crippen LogP contribution in [0.4, 0.5) is 0 Å². The molecule has 2 aliphatic rings. The maximum absolute atomic E-state index is 6.15. The quantitative estimate of drug-likeness (QED) is 0.929. The molecule has 5 heteroatoms. The Bertz CT molecular complexity index is 661. The third-order valence-corrected chi connectivity index (χ3v) is 4.16. The van der Waals surface area contributed by atoms with Gasteiger partial charge in [-0.05, 0) is 19.3 Å². The summed E-state index contributed by atoms with van der Waals surface area (Å²) in [4.78, 5) is 4.81. The Balaban J connectivity index is 1.85. The highest BCUT2D eigenvalue weighted by Gasteiger charge is 2.30. The molecule has 1 aromatic carbocycles. The van der Waals surface area contributed by atoms with Gasteiger partial charge in [-0.2, -0.15) is 0 Å². The summed E-state index contributed by atoms with van der Waals surface area (Å²) in [5.41, 5.74) is 8.25. The third-order valence-electron chi connectivity index (χ3n) is 4.16. The van der Waals surface area contributed by atoms with Crippen LogP contribution in [0.25, 0.3) is 11.0 Å². The van der Waals surface area contributed by atoms with Crippen molar-refractivity contribution in [2.45, 2.75) is 44.7 Å². The largest absolute Gasteiger partial charge is 0.454 e. The van der Waals surface area contributed by atoms with Gasteiger partial charge in [0.2, 0.25) is 6.79 Å². The molecular formula is C15H19N3O2. The van der Waals surface area contributed by atoms with Crippen LogP contribution in [0.5, 0.6) is 11.5 Å². The summed E-state index contributed by atoms with van der Waals surface area (Å²) >= 11 is 0. The third kappa shape index (κ3) is 1.85. The molecule has 4 rings (SSSR count). The van der Waals surface area contributed by atoms with Crippen molar-refractivity contribution in [3.8, 4) is 11.5 Å². The molecule has 1 atom stereocenters. The minimum atomic E-state index is 0.162. The normalized spacial score (nSPS) is 18.7. The van der Waals surface area contributed by atoms with Crippen molar-refractivity contribution < 1.29 is 9.47 Å². The van der Waals surface area contributed by atoms with Crippen LogP contribution >= 0.6 is 0 Å². The fourth-order valence-electron chi connectivity index (χ4n) is 2.74. The first-order valence-electron chi connectivity index (χ1n) is 7.31. The number of imidazole rings is 1. The standard InChI is InChI=1S/C15H19N3O2/c1-2-10(16)7-18-12-6-14-13(19-8-20-14)5-11(12)17-15(18)9-3-4-9/h5-6,9-10H,2-4,7-8,16H2,1H3. The Hall–Kier alpha value is -1.75. The Kier molecular flexibility index (Phi) is 2.63. The number of aromatic nitrogens is 2. The fraction of sp³-hybridized carbons (Fsp3) is 0.533. The van der Waals surface area contributed by atoms with Gasteiger partial charge in [-0.15, -0.1) is 0 Å². The van der Waals surface area contributed by atoms with Gasteiger partial charge in [-0.25, -0.2) is 4.98 Å². The first kappa shape index (κ1) is 12.0. The van der Waals surface area contributed by atoms with E-state index in [1.807, 2.05) is 12.1 Å². The average Bonchev–Trinajstić information content (AvgIpc) is 3.11. The summed E-state index contributed by atoms with van der Waals surface area (Å²) in [6, 6.07) is 4.19. The van der Waals surface area contributed by atoms with E-state index in [1.165, 1.54) is 18.7 Å². The predicted octanol–water partition coefficient (Wildman–Crippen LogP) is 2.38. The molecule has 2 heterocycles. The smallest absolute Gasteiger partial charge is 0.231 e. The van der Waals surface area contributed by atoms with E-state index in [0.717, 1.165) is 35.5 Å². The molecule has 0 amide bonds. The van der Waals surface area contributed by atoms with Crippen LogP contribution in [-0.2, 0) is 6.54 Å². The number of ether oxygens (including phenoxy) is 2. The van der Waals surface area contributed by atoms with Crippen molar-refractivity contribution in [2.24, 2.45) is 5.73 Å². The van der Waals surface area contributed by atoms with Crippen LogP contribution < -0.4 is 15.2 Å². The molecule has 5 nitrogen and oxygen atoms in total. The molecule has 2 N–H and O–H groups in total. The van der Waals surface area contributed by atoms with Gasteiger partial charge in [-0.1, -0.05) is 6.92 Å². The van der Waals surface area contributed by atoms with E-state index < -0.39 is 0 Å². The molecule has 1 aliphatic carbocycles. The summed E-state index contributed by atoms with van der Waals surface area (Å²) in [7, 11) is 0. The number of benzene rings is 1. The highest BCUT2D eigenvalue weighted by atomic mass is 16.7. The molecule has 0 bridgehead atoms. The zero-order chi connectivity index (χ0) is 13.7. The number of nitrogens with two attached hydrogens (primary N) is 1. The SMILES string of the molecule is CCC(N)Cn1c(C2CC2)nc2cc3c(cc21)OCO3. The van der Waals surface area contributed by atoms with Crippen LogP contribution in [0.1, 0.15) is 37.9 Å². The molecule has 1 aromatic heterocycles. The van der Waals surface area contributed by atoms with Gasteiger partial charge in [0, 0.05) is 30.6 Å². The molecule has 1 saturated carbocycles. The lowest BCUT2D eigenvalue weighted by Crippen LogP contribution is -2.26. The second-order valence-electron chi connectivity index (χ2n) is 5.72. The maximum atomic E-state index is 6.15. The van der Waals surface area contributed by atoms with Crippen molar-refractivity contribution in [1.82, 2.24) is 9.55 Å². The van der Waals surface area contributed by atoms with Gasteiger partial charge < -0.3 is 19.8 Å². The van der Waals surface area contributed by atoms with Gasteiger partial charge in [0.25, 0.3) is 0 Å². The summed E-state index contributed by atoms with van der Waals surface area (Å²) in [5.74, 6) is 3.38. The first-order valence-corrected chi connectivity index (χ1v) is 7.31. The molecule has 0 radical (unpaired) electrons. The fourth-order valence-corrected chi connectivity index (χ4v) is 2.74. The Morgan fingerprint density at radius 1 is 1.35 bits per heavy atom. The van der Waals surface area contributed by atoms with Crippen LogP contribution in [0.3, 0.4) is 0 Å². The number of fused-ring (bicyclic) bond motifs is 2. The molecular weight excluding hydrogens is 254 g/mol. The lowest BCUT2D eigenvalue weighted by Gasteiger charge is -2.13. The highest BCUT2D eigenvalue weighted by Crippen LogP contribution is 2.43. The Morgan fingerprint density at radius 3 is 2.80 bits per heavy atom. The van der Waals surface area contributed by atoms with Gasteiger partial charge >= 0.3 is 0 Å². The summed E-state index contributed by atoms with van der Waals surface area (Å²) in [5, 5.41) is 0. The predicted molar refractivity (Wildman–Crippen MR) is 76.1 cm³/mol. The van der Waals surface area contributed by atoms with E-state index in [9.17, 15) is 0 Å². The van der Waals surface area contributed by atoms with Gasteiger partial charge in [-0.3, -0.25) is 0 Å². The van der Waals surface area contributed by atoms with Gasteiger partial charge in [0.1, 0.15) is 5.82 Å². The lowest BCUT2D eigenvalue weighted by atomic mass is 10.2. The van der Waals surface area contributed by atoms with Crippen molar-refractivity contribution in [2.75, 3.05) is 6.79 Å². The number of nitrogens with zero attached hydrogens (tertiary/aromatic N) is 2. The molecule has 1 unspecified atom stereocenters. The maximum Gasteiger partial charge on any atom is 0.231 e. The van der Waals surface area contributed by atoms with Crippen molar-refractivity contribution in [3.05, 3.63) is 18.0 Å². The van der Waals surface area contributed by atoms with E-state index in [1.54, 1.807) is 0 Å². The zero-order valence-corrected chi connectivity index (χ0v) is 11.6. The summed E-state index contributed by atoms with van der Waals surface area (Å²) in [6.07, 6.45) is 3.43. The van der Waals surface area contributed by atoms with Crippen LogP contribution in [0.15, 0.2) is 12.1 Å². The van der Waals surface area contributed by atoms with Gasteiger partial charge in [0.05, 0.1) is 11.0 Å². The average molecular weight is 273 g/mol. The topological polar surface area (TPSA) is 62.3 Å². The Morgan fingerprint density at radius 2 is 2.10 bits per heavy atom.